The number of piperazine rings is 1. The number of fused-ring (bicyclic) bond motifs is 2. The smallest absolute Gasteiger partial charge is 0.150 e. The normalized spacial score (nSPS) is 15.3. The maximum absolute atomic E-state index is 4.78. The van der Waals surface area contributed by atoms with Gasteiger partial charge in [-0.05, 0) is 36.2 Å². The number of aryl methyl sites for hydroxylation is 2. The Bertz CT molecular complexity index is 1090. The summed E-state index contributed by atoms with van der Waals surface area (Å²) in [4.78, 5) is 24.1. The van der Waals surface area contributed by atoms with Crippen LogP contribution in [0.4, 0.5) is 11.6 Å². The third-order valence-electron chi connectivity index (χ3n) is 4.81. The van der Waals surface area contributed by atoms with Crippen molar-refractivity contribution >= 4 is 54.7 Å². The molecule has 0 atom stereocenters. The predicted molar refractivity (Wildman–Crippen MR) is 109 cm³/mol. The molecule has 5 rings (SSSR count). The van der Waals surface area contributed by atoms with E-state index in [1.165, 1.54) is 15.6 Å². The summed E-state index contributed by atoms with van der Waals surface area (Å²) in [5.74, 6) is 2.98. The zero-order chi connectivity index (χ0) is 17.7. The van der Waals surface area contributed by atoms with Crippen molar-refractivity contribution in [2.45, 2.75) is 13.8 Å². The molecule has 0 aromatic carbocycles. The predicted octanol–water partition coefficient (Wildman–Crippen LogP) is 3.64. The molecule has 0 N–H and O–H groups in total. The number of nitrogens with zero attached hydrogens (tertiary/aromatic N) is 6. The molecular weight excluding hydrogens is 364 g/mol. The molecule has 4 aromatic rings. The SMILES string of the molecule is Cc1nc(N2CCN(c3ncnc4ccsc34)CC2)c2c(C)csc2n1. The van der Waals surface area contributed by atoms with Gasteiger partial charge in [0.1, 0.15) is 28.6 Å². The van der Waals surface area contributed by atoms with Crippen molar-refractivity contribution < 1.29 is 0 Å². The van der Waals surface area contributed by atoms with Gasteiger partial charge in [0.2, 0.25) is 0 Å². The highest BCUT2D eigenvalue weighted by Crippen LogP contribution is 2.33. The first-order chi connectivity index (χ1) is 12.7. The van der Waals surface area contributed by atoms with Crippen LogP contribution >= 0.6 is 22.7 Å². The molecular formula is C18H18N6S2. The van der Waals surface area contributed by atoms with Crippen LogP contribution in [0.25, 0.3) is 20.4 Å². The Morgan fingerprint density at radius 2 is 1.69 bits per heavy atom. The lowest BCUT2D eigenvalue weighted by Gasteiger charge is -2.36. The summed E-state index contributed by atoms with van der Waals surface area (Å²) in [6.45, 7) is 7.83. The van der Waals surface area contributed by atoms with Crippen molar-refractivity contribution in [2.24, 2.45) is 0 Å². The van der Waals surface area contributed by atoms with Gasteiger partial charge in [0.05, 0.1) is 15.6 Å². The molecule has 0 unspecified atom stereocenters. The van der Waals surface area contributed by atoms with Crippen LogP contribution < -0.4 is 9.80 Å². The molecule has 8 heteroatoms. The van der Waals surface area contributed by atoms with Gasteiger partial charge in [-0.15, -0.1) is 22.7 Å². The van der Waals surface area contributed by atoms with Gasteiger partial charge < -0.3 is 9.80 Å². The molecule has 0 bridgehead atoms. The van der Waals surface area contributed by atoms with Crippen LogP contribution in [0.1, 0.15) is 11.4 Å². The van der Waals surface area contributed by atoms with Crippen LogP contribution in [-0.2, 0) is 0 Å². The van der Waals surface area contributed by atoms with Crippen molar-refractivity contribution in [1.29, 1.82) is 0 Å². The zero-order valence-corrected chi connectivity index (χ0v) is 16.3. The Balaban J connectivity index is 1.44. The third-order valence-corrected chi connectivity index (χ3v) is 6.70. The van der Waals surface area contributed by atoms with Crippen LogP contribution in [-0.4, -0.2) is 46.1 Å². The summed E-state index contributed by atoms with van der Waals surface area (Å²) in [5.41, 5.74) is 2.29. The van der Waals surface area contributed by atoms with E-state index in [0.29, 0.717) is 0 Å². The number of hydrogen-bond donors (Lipinski definition) is 0. The maximum Gasteiger partial charge on any atom is 0.150 e. The second-order valence-electron chi connectivity index (χ2n) is 6.50. The van der Waals surface area contributed by atoms with E-state index in [9.17, 15) is 0 Å². The lowest BCUT2D eigenvalue weighted by molar-refractivity contribution is 0.644. The lowest BCUT2D eigenvalue weighted by atomic mass is 10.2. The van der Waals surface area contributed by atoms with E-state index in [2.05, 4.69) is 48.5 Å². The van der Waals surface area contributed by atoms with Crippen LogP contribution in [0.5, 0.6) is 0 Å². The Morgan fingerprint density at radius 1 is 0.923 bits per heavy atom. The van der Waals surface area contributed by atoms with E-state index < -0.39 is 0 Å². The molecule has 1 fully saturated rings. The average Bonchev–Trinajstić information content (AvgIpc) is 3.28. The summed E-state index contributed by atoms with van der Waals surface area (Å²) < 4.78 is 1.18. The molecule has 5 heterocycles. The molecule has 0 aliphatic carbocycles. The van der Waals surface area contributed by atoms with Gasteiger partial charge in [-0.2, -0.15) is 0 Å². The van der Waals surface area contributed by atoms with Crippen molar-refractivity contribution in [1.82, 2.24) is 19.9 Å². The highest BCUT2D eigenvalue weighted by molar-refractivity contribution is 7.17. The minimum atomic E-state index is 0.841. The second kappa shape index (κ2) is 6.14. The first kappa shape index (κ1) is 15.9. The van der Waals surface area contributed by atoms with Gasteiger partial charge in [0, 0.05) is 26.2 Å². The average molecular weight is 383 g/mol. The highest BCUT2D eigenvalue weighted by atomic mass is 32.1. The molecule has 26 heavy (non-hydrogen) atoms. The summed E-state index contributed by atoms with van der Waals surface area (Å²) >= 11 is 3.41. The Hall–Kier alpha value is -2.32. The lowest BCUT2D eigenvalue weighted by Crippen LogP contribution is -2.47. The molecule has 1 aliphatic rings. The van der Waals surface area contributed by atoms with E-state index >= 15 is 0 Å². The van der Waals surface area contributed by atoms with Crippen molar-refractivity contribution in [3.05, 3.63) is 34.5 Å². The number of aromatic nitrogens is 4. The van der Waals surface area contributed by atoms with Crippen LogP contribution in [0.2, 0.25) is 0 Å². The minimum Gasteiger partial charge on any atom is -0.352 e. The number of hydrogen-bond acceptors (Lipinski definition) is 8. The minimum absolute atomic E-state index is 0.841. The molecule has 1 saturated heterocycles. The highest BCUT2D eigenvalue weighted by Gasteiger charge is 2.24. The first-order valence-corrected chi connectivity index (χ1v) is 10.4. The van der Waals surface area contributed by atoms with E-state index in [4.69, 9.17) is 4.98 Å². The second-order valence-corrected chi connectivity index (χ2v) is 8.27. The zero-order valence-electron chi connectivity index (χ0n) is 14.6. The van der Waals surface area contributed by atoms with Crippen molar-refractivity contribution in [3.8, 4) is 0 Å². The van der Waals surface area contributed by atoms with Gasteiger partial charge in [-0.3, -0.25) is 0 Å². The fraction of sp³-hybridized carbons (Fsp3) is 0.333. The number of thiophene rings is 2. The molecule has 132 valence electrons. The molecule has 0 spiro atoms. The maximum atomic E-state index is 4.78. The molecule has 4 aromatic heterocycles. The molecule has 0 amide bonds. The summed E-state index contributed by atoms with van der Waals surface area (Å²) in [6, 6.07) is 2.06. The fourth-order valence-electron chi connectivity index (χ4n) is 3.53. The van der Waals surface area contributed by atoms with E-state index in [-0.39, 0.29) is 0 Å². The summed E-state index contributed by atoms with van der Waals surface area (Å²) in [6.07, 6.45) is 1.67. The quantitative estimate of drug-likeness (QED) is 0.528. The van der Waals surface area contributed by atoms with Gasteiger partial charge in [0.25, 0.3) is 0 Å². The monoisotopic (exact) mass is 382 g/mol. The number of rotatable bonds is 2. The Labute approximate surface area is 159 Å². The van der Waals surface area contributed by atoms with Crippen LogP contribution in [0.15, 0.2) is 23.2 Å². The summed E-state index contributed by atoms with van der Waals surface area (Å²) in [7, 11) is 0. The fourth-order valence-corrected chi connectivity index (χ4v) is 5.35. The van der Waals surface area contributed by atoms with Gasteiger partial charge >= 0.3 is 0 Å². The van der Waals surface area contributed by atoms with Crippen molar-refractivity contribution in [2.75, 3.05) is 36.0 Å². The molecule has 1 aliphatic heterocycles. The Morgan fingerprint density at radius 3 is 2.50 bits per heavy atom. The number of anilines is 2. The van der Waals surface area contributed by atoms with Crippen LogP contribution in [0.3, 0.4) is 0 Å². The van der Waals surface area contributed by atoms with E-state index in [0.717, 1.165) is 54.0 Å². The molecule has 6 nitrogen and oxygen atoms in total. The van der Waals surface area contributed by atoms with E-state index in [1.54, 1.807) is 29.0 Å². The van der Waals surface area contributed by atoms with Gasteiger partial charge in [-0.25, -0.2) is 19.9 Å². The standard InChI is InChI=1S/C18H18N6S2/c1-11-9-26-18-14(11)16(21-12(2)22-18)23-4-6-24(7-5-23)17-15-13(3-8-25-15)19-10-20-17/h3,8-10H,4-7H2,1-2H3. The Kier molecular flexibility index (Phi) is 3.75. The van der Waals surface area contributed by atoms with Crippen LogP contribution in [0, 0.1) is 13.8 Å². The van der Waals surface area contributed by atoms with Crippen molar-refractivity contribution in [3.63, 3.8) is 0 Å². The summed E-state index contributed by atoms with van der Waals surface area (Å²) in [5, 5.41) is 5.46. The first-order valence-electron chi connectivity index (χ1n) is 8.61. The molecule has 0 radical (unpaired) electrons. The third kappa shape index (κ3) is 2.52. The topological polar surface area (TPSA) is 58.0 Å². The van der Waals surface area contributed by atoms with Gasteiger partial charge in [-0.1, -0.05) is 0 Å². The van der Waals surface area contributed by atoms with E-state index in [1.807, 2.05) is 6.92 Å². The van der Waals surface area contributed by atoms with Gasteiger partial charge in [0.15, 0.2) is 0 Å². The largest absolute Gasteiger partial charge is 0.352 e. The molecule has 0 saturated carbocycles.